The molecule has 5 heteroatoms. The van der Waals surface area contributed by atoms with Gasteiger partial charge in [-0.05, 0) is 31.2 Å². The summed E-state index contributed by atoms with van der Waals surface area (Å²) in [5, 5.41) is 13.2. The van der Waals surface area contributed by atoms with E-state index in [1.54, 1.807) is 21.1 Å². The van der Waals surface area contributed by atoms with E-state index in [1.165, 1.54) is 0 Å². The lowest BCUT2D eigenvalue weighted by atomic mass is 10.0. The van der Waals surface area contributed by atoms with Crippen LogP contribution in [0.3, 0.4) is 0 Å². The summed E-state index contributed by atoms with van der Waals surface area (Å²) < 4.78 is 15.6. The summed E-state index contributed by atoms with van der Waals surface area (Å²) in [5.74, 6) is 1.61. The SMILES string of the molecule is COCCC(C)(O)CNCCOc1ccc(OC)cc1. The van der Waals surface area contributed by atoms with E-state index in [-0.39, 0.29) is 0 Å². The first-order valence-corrected chi connectivity index (χ1v) is 6.76. The molecule has 0 heterocycles. The van der Waals surface area contributed by atoms with E-state index in [9.17, 15) is 5.11 Å². The maximum atomic E-state index is 10.0. The van der Waals surface area contributed by atoms with Crippen LogP contribution in [0, 0.1) is 0 Å². The Morgan fingerprint density at radius 3 is 2.35 bits per heavy atom. The molecule has 0 fully saturated rings. The molecule has 0 bridgehead atoms. The molecule has 0 saturated heterocycles. The lowest BCUT2D eigenvalue weighted by Gasteiger charge is -2.23. The molecule has 1 aromatic carbocycles. The van der Waals surface area contributed by atoms with Crippen LogP contribution in [-0.4, -0.2) is 51.2 Å². The highest BCUT2D eigenvalue weighted by Crippen LogP contribution is 2.16. The third kappa shape index (κ3) is 6.75. The molecule has 0 amide bonds. The second-order valence-electron chi connectivity index (χ2n) is 4.94. The third-order valence-corrected chi connectivity index (χ3v) is 2.96. The van der Waals surface area contributed by atoms with Crippen molar-refractivity contribution in [2.75, 3.05) is 40.5 Å². The number of hydrogen-bond donors (Lipinski definition) is 2. The highest BCUT2D eigenvalue weighted by atomic mass is 16.5. The number of hydrogen-bond acceptors (Lipinski definition) is 5. The Morgan fingerprint density at radius 1 is 1.10 bits per heavy atom. The molecule has 1 atom stereocenters. The van der Waals surface area contributed by atoms with Gasteiger partial charge in [0.05, 0.1) is 12.7 Å². The highest BCUT2D eigenvalue weighted by Gasteiger charge is 2.18. The maximum absolute atomic E-state index is 10.0. The molecule has 0 aliphatic rings. The Kier molecular flexibility index (Phi) is 7.36. The maximum Gasteiger partial charge on any atom is 0.119 e. The first-order chi connectivity index (χ1) is 9.57. The van der Waals surface area contributed by atoms with Gasteiger partial charge in [-0.15, -0.1) is 0 Å². The van der Waals surface area contributed by atoms with Gasteiger partial charge < -0.3 is 24.6 Å². The summed E-state index contributed by atoms with van der Waals surface area (Å²) in [6.45, 7) is 4.09. The summed E-state index contributed by atoms with van der Waals surface area (Å²) in [4.78, 5) is 0. The van der Waals surface area contributed by atoms with Crippen LogP contribution in [0.15, 0.2) is 24.3 Å². The molecular weight excluding hydrogens is 258 g/mol. The first-order valence-electron chi connectivity index (χ1n) is 6.76. The second-order valence-corrected chi connectivity index (χ2v) is 4.94. The summed E-state index contributed by atoms with van der Waals surface area (Å²) in [6, 6.07) is 7.46. The van der Waals surface area contributed by atoms with E-state index in [4.69, 9.17) is 14.2 Å². The van der Waals surface area contributed by atoms with Crippen molar-refractivity contribution >= 4 is 0 Å². The molecule has 1 aromatic rings. The Balaban J connectivity index is 2.15. The topological polar surface area (TPSA) is 60.0 Å². The van der Waals surface area contributed by atoms with Crippen LogP contribution in [0.4, 0.5) is 0 Å². The van der Waals surface area contributed by atoms with Crippen LogP contribution in [0.25, 0.3) is 0 Å². The van der Waals surface area contributed by atoms with Crippen molar-refractivity contribution in [2.45, 2.75) is 18.9 Å². The largest absolute Gasteiger partial charge is 0.497 e. The number of rotatable bonds is 10. The fourth-order valence-electron chi connectivity index (χ4n) is 1.68. The predicted molar refractivity (Wildman–Crippen MR) is 78.5 cm³/mol. The van der Waals surface area contributed by atoms with Gasteiger partial charge in [0.15, 0.2) is 0 Å². The Hall–Kier alpha value is -1.30. The zero-order chi connectivity index (χ0) is 14.8. The fraction of sp³-hybridized carbons (Fsp3) is 0.600. The van der Waals surface area contributed by atoms with E-state index < -0.39 is 5.60 Å². The van der Waals surface area contributed by atoms with Crippen LogP contribution >= 0.6 is 0 Å². The average molecular weight is 283 g/mol. The van der Waals surface area contributed by atoms with Gasteiger partial charge in [0.2, 0.25) is 0 Å². The van der Waals surface area contributed by atoms with Gasteiger partial charge in [-0.25, -0.2) is 0 Å². The summed E-state index contributed by atoms with van der Waals surface area (Å²) in [6.07, 6.45) is 0.607. The summed E-state index contributed by atoms with van der Waals surface area (Å²) >= 11 is 0. The van der Waals surface area contributed by atoms with Crippen molar-refractivity contribution in [3.8, 4) is 11.5 Å². The number of nitrogens with one attached hydrogen (secondary N) is 1. The minimum Gasteiger partial charge on any atom is -0.497 e. The van der Waals surface area contributed by atoms with Gasteiger partial charge in [-0.2, -0.15) is 0 Å². The Morgan fingerprint density at radius 2 is 1.75 bits per heavy atom. The van der Waals surface area contributed by atoms with Crippen molar-refractivity contribution in [3.05, 3.63) is 24.3 Å². The van der Waals surface area contributed by atoms with Gasteiger partial charge in [0.1, 0.15) is 18.1 Å². The van der Waals surface area contributed by atoms with Crippen LogP contribution in [0.5, 0.6) is 11.5 Å². The molecule has 5 nitrogen and oxygen atoms in total. The van der Waals surface area contributed by atoms with Crippen LogP contribution in [-0.2, 0) is 4.74 Å². The number of aliphatic hydroxyl groups is 1. The number of ether oxygens (including phenoxy) is 3. The normalized spacial score (nSPS) is 13.8. The van der Waals surface area contributed by atoms with E-state index in [0.717, 1.165) is 11.5 Å². The molecule has 1 unspecified atom stereocenters. The van der Waals surface area contributed by atoms with Gasteiger partial charge >= 0.3 is 0 Å². The average Bonchev–Trinajstić information content (AvgIpc) is 2.45. The van der Waals surface area contributed by atoms with Crippen LogP contribution in [0.2, 0.25) is 0 Å². The van der Waals surface area contributed by atoms with Crippen molar-refractivity contribution in [2.24, 2.45) is 0 Å². The Labute approximate surface area is 120 Å². The molecule has 1 rings (SSSR count). The quantitative estimate of drug-likeness (QED) is 0.637. The smallest absolute Gasteiger partial charge is 0.119 e. The monoisotopic (exact) mass is 283 g/mol. The molecule has 0 aromatic heterocycles. The molecule has 0 aliphatic carbocycles. The molecule has 2 N–H and O–H groups in total. The standard InChI is InChI=1S/C15H25NO4/c1-15(17,8-10-18-2)12-16-9-11-20-14-6-4-13(19-3)5-7-14/h4-7,16-17H,8-12H2,1-3H3. The highest BCUT2D eigenvalue weighted by molar-refractivity contribution is 5.31. The number of benzene rings is 1. The zero-order valence-corrected chi connectivity index (χ0v) is 12.5. The van der Waals surface area contributed by atoms with E-state index in [1.807, 2.05) is 24.3 Å². The second kappa shape index (κ2) is 8.79. The van der Waals surface area contributed by atoms with Crippen molar-refractivity contribution in [1.82, 2.24) is 5.32 Å². The molecule has 0 saturated carbocycles. The number of methoxy groups -OCH3 is 2. The lowest BCUT2D eigenvalue weighted by Crippen LogP contribution is -2.40. The molecular formula is C15H25NO4. The van der Waals surface area contributed by atoms with Gasteiger partial charge in [-0.1, -0.05) is 0 Å². The third-order valence-electron chi connectivity index (χ3n) is 2.96. The predicted octanol–water partition coefficient (Wildman–Crippen LogP) is 1.45. The fourth-order valence-corrected chi connectivity index (χ4v) is 1.68. The summed E-state index contributed by atoms with van der Waals surface area (Å²) in [7, 11) is 3.27. The van der Waals surface area contributed by atoms with Crippen molar-refractivity contribution in [3.63, 3.8) is 0 Å². The first kappa shape index (κ1) is 16.8. The molecule has 0 radical (unpaired) electrons. The van der Waals surface area contributed by atoms with Gasteiger partial charge in [0, 0.05) is 33.2 Å². The van der Waals surface area contributed by atoms with E-state index in [2.05, 4.69) is 5.32 Å². The van der Waals surface area contributed by atoms with E-state index in [0.29, 0.717) is 32.7 Å². The molecule has 0 aliphatic heterocycles. The van der Waals surface area contributed by atoms with Gasteiger partial charge in [0.25, 0.3) is 0 Å². The molecule has 20 heavy (non-hydrogen) atoms. The Bertz CT molecular complexity index is 365. The molecule has 0 spiro atoms. The van der Waals surface area contributed by atoms with Crippen molar-refractivity contribution in [1.29, 1.82) is 0 Å². The van der Waals surface area contributed by atoms with Crippen molar-refractivity contribution < 1.29 is 19.3 Å². The summed E-state index contributed by atoms with van der Waals surface area (Å²) in [5.41, 5.74) is -0.754. The lowest BCUT2D eigenvalue weighted by molar-refractivity contribution is 0.0246. The minimum atomic E-state index is -0.754. The zero-order valence-electron chi connectivity index (χ0n) is 12.5. The van der Waals surface area contributed by atoms with Crippen LogP contribution in [0.1, 0.15) is 13.3 Å². The van der Waals surface area contributed by atoms with Gasteiger partial charge in [-0.3, -0.25) is 0 Å². The van der Waals surface area contributed by atoms with E-state index >= 15 is 0 Å². The minimum absolute atomic E-state index is 0.516. The van der Waals surface area contributed by atoms with Crippen LogP contribution < -0.4 is 14.8 Å². The molecule has 114 valence electrons.